The Morgan fingerprint density at radius 1 is 1.10 bits per heavy atom. The summed E-state index contributed by atoms with van der Waals surface area (Å²) in [5.74, 6) is 0.471. The number of morpholine rings is 1. The maximum Gasteiger partial charge on any atom is 0.242 e. The molecule has 0 unspecified atom stereocenters. The molecule has 1 saturated carbocycles. The Hall–Kier alpha value is -2.17. The van der Waals surface area contributed by atoms with Crippen LogP contribution in [0.15, 0.2) is 29.2 Å². The van der Waals surface area contributed by atoms with Gasteiger partial charge < -0.3 is 19.7 Å². The van der Waals surface area contributed by atoms with Crippen molar-refractivity contribution < 1.29 is 27.5 Å². The van der Waals surface area contributed by atoms with Crippen LogP contribution in [0.2, 0.25) is 0 Å². The fourth-order valence-electron chi connectivity index (χ4n) is 3.93. The first-order valence-corrected chi connectivity index (χ1v) is 12.1. The molecular weight excluding hydrogens is 422 g/mol. The normalized spacial score (nSPS) is 22.0. The van der Waals surface area contributed by atoms with E-state index in [1.807, 2.05) is 0 Å². The van der Waals surface area contributed by atoms with Crippen LogP contribution in [0.5, 0.6) is 5.75 Å². The van der Waals surface area contributed by atoms with Crippen LogP contribution in [-0.2, 0) is 24.3 Å². The fourth-order valence-corrected chi connectivity index (χ4v) is 5.04. The number of ether oxygens (including phenoxy) is 2. The van der Waals surface area contributed by atoms with Crippen molar-refractivity contribution >= 4 is 21.8 Å². The molecule has 10 heteroatoms. The van der Waals surface area contributed by atoms with Crippen molar-refractivity contribution in [2.24, 2.45) is 11.8 Å². The van der Waals surface area contributed by atoms with Crippen LogP contribution < -0.4 is 14.8 Å². The monoisotopic (exact) mass is 453 g/mol. The minimum atomic E-state index is -3.58. The third-order valence-electron chi connectivity index (χ3n) is 5.93. The molecule has 0 bridgehead atoms. The second-order valence-electron chi connectivity index (χ2n) is 7.96. The molecule has 1 aliphatic heterocycles. The summed E-state index contributed by atoms with van der Waals surface area (Å²) in [6, 6.07) is 6.26. The number of rotatable bonds is 8. The molecule has 1 aliphatic carbocycles. The van der Waals surface area contributed by atoms with E-state index in [1.54, 1.807) is 17.0 Å². The van der Waals surface area contributed by atoms with E-state index in [1.165, 1.54) is 19.2 Å². The number of nitrogens with zero attached hydrogens (tertiary/aromatic N) is 1. The van der Waals surface area contributed by atoms with Gasteiger partial charge in [0.1, 0.15) is 5.75 Å². The van der Waals surface area contributed by atoms with Gasteiger partial charge in [-0.3, -0.25) is 9.59 Å². The molecule has 2 N–H and O–H groups in total. The molecule has 1 saturated heterocycles. The lowest BCUT2D eigenvalue weighted by Gasteiger charge is -2.29. The van der Waals surface area contributed by atoms with Gasteiger partial charge in [-0.15, -0.1) is 0 Å². The summed E-state index contributed by atoms with van der Waals surface area (Å²) in [5.41, 5.74) is 0. The van der Waals surface area contributed by atoms with Crippen LogP contribution in [0.25, 0.3) is 0 Å². The molecule has 172 valence electrons. The van der Waals surface area contributed by atoms with Crippen molar-refractivity contribution in [3.05, 3.63) is 24.3 Å². The lowest BCUT2D eigenvalue weighted by molar-refractivity contribution is -0.137. The predicted molar refractivity (Wildman–Crippen MR) is 114 cm³/mol. The second kappa shape index (κ2) is 10.9. The van der Waals surface area contributed by atoms with E-state index in [-0.39, 0.29) is 35.1 Å². The van der Waals surface area contributed by atoms with Crippen molar-refractivity contribution in [2.75, 3.05) is 46.5 Å². The molecule has 0 aromatic heterocycles. The van der Waals surface area contributed by atoms with Gasteiger partial charge in [-0.1, -0.05) is 0 Å². The Bertz CT molecular complexity index is 844. The molecule has 9 nitrogen and oxygen atoms in total. The zero-order valence-electron chi connectivity index (χ0n) is 17.8. The van der Waals surface area contributed by atoms with Crippen molar-refractivity contribution in [3.63, 3.8) is 0 Å². The molecule has 2 amide bonds. The van der Waals surface area contributed by atoms with Crippen molar-refractivity contribution in [1.29, 1.82) is 0 Å². The highest BCUT2D eigenvalue weighted by Gasteiger charge is 2.28. The molecule has 2 fully saturated rings. The molecule has 1 heterocycles. The fraction of sp³-hybridized carbons (Fsp3) is 0.619. The number of carbonyl (C=O) groups is 2. The highest BCUT2D eigenvalue weighted by molar-refractivity contribution is 7.89. The predicted octanol–water partition coefficient (Wildman–Crippen LogP) is 0.755. The van der Waals surface area contributed by atoms with E-state index in [0.29, 0.717) is 51.4 Å². The summed E-state index contributed by atoms with van der Waals surface area (Å²) in [4.78, 5) is 26.5. The van der Waals surface area contributed by atoms with Gasteiger partial charge in [-0.25, -0.2) is 13.1 Å². The number of hydrogen-bond acceptors (Lipinski definition) is 6. The number of methoxy groups -OCH3 is 1. The molecule has 31 heavy (non-hydrogen) atoms. The van der Waals surface area contributed by atoms with Crippen molar-refractivity contribution in [1.82, 2.24) is 14.9 Å². The van der Waals surface area contributed by atoms with E-state index >= 15 is 0 Å². The molecular formula is C21H31N3O6S. The summed E-state index contributed by atoms with van der Waals surface area (Å²) in [6.45, 7) is 2.55. The highest BCUT2D eigenvalue weighted by Crippen LogP contribution is 2.29. The smallest absolute Gasteiger partial charge is 0.242 e. The topological polar surface area (TPSA) is 114 Å². The van der Waals surface area contributed by atoms with Crippen LogP contribution in [0.3, 0.4) is 0 Å². The molecule has 2 aliphatic rings. The number of sulfonamides is 1. The SMILES string of the molecule is COc1ccc(S(=O)(=O)NCC2CCC(C(=O)NCC(=O)N3CCOCC3)CC2)cc1. The number of benzene rings is 1. The van der Waals surface area contributed by atoms with Crippen molar-refractivity contribution in [2.45, 2.75) is 30.6 Å². The van der Waals surface area contributed by atoms with E-state index in [9.17, 15) is 18.0 Å². The minimum absolute atomic E-state index is 0.0143. The largest absolute Gasteiger partial charge is 0.497 e. The van der Waals surface area contributed by atoms with Gasteiger partial charge in [0.25, 0.3) is 0 Å². The van der Waals surface area contributed by atoms with E-state index in [0.717, 1.165) is 12.8 Å². The summed E-state index contributed by atoms with van der Waals surface area (Å²) in [7, 11) is -2.05. The van der Waals surface area contributed by atoms with Crippen molar-refractivity contribution in [3.8, 4) is 5.75 Å². The van der Waals surface area contributed by atoms with Crippen LogP contribution in [0, 0.1) is 11.8 Å². The number of nitrogens with one attached hydrogen (secondary N) is 2. The zero-order chi connectivity index (χ0) is 22.3. The maximum absolute atomic E-state index is 12.5. The second-order valence-corrected chi connectivity index (χ2v) is 9.72. The minimum Gasteiger partial charge on any atom is -0.497 e. The van der Waals surface area contributed by atoms with Gasteiger partial charge in [0.2, 0.25) is 21.8 Å². The van der Waals surface area contributed by atoms with Gasteiger partial charge in [-0.05, 0) is 55.9 Å². The van der Waals surface area contributed by atoms with E-state index in [2.05, 4.69) is 10.0 Å². The third kappa shape index (κ3) is 6.65. The number of amides is 2. The summed E-state index contributed by atoms with van der Waals surface area (Å²) < 4.78 is 37.9. The Balaban J connectivity index is 1.38. The van der Waals surface area contributed by atoms with Gasteiger partial charge in [-0.2, -0.15) is 0 Å². The van der Waals surface area contributed by atoms with Crippen LogP contribution in [-0.4, -0.2) is 71.6 Å². The zero-order valence-corrected chi connectivity index (χ0v) is 18.7. The Labute approximate surface area is 183 Å². The first-order valence-electron chi connectivity index (χ1n) is 10.7. The number of hydrogen-bond donors (Lipinski definition) is 2. The first-order chi connectivity index (χ1) is 14.9. The average molecular weight is 454 g/mol. The molecule has 1 aromatic carbocycles. The lowest BCUT2D eigenvalue weighted by atomic mass is 9.81. The highest BCUT2D eigenvalue weighted by atomic mass is 32.2. The summed E-state index contributed by atoms with van der Waals surface area (Å²) in [5, 5.41) is 2.76. The van der Waals surface area contributed by atoms with Crippen LogP contribution >= 0.6 is 0 Å². The van der Waals surface area contributed by atoms with Gasteiger partial charge in [0.15, 0.2) is 0 Å². The first kappa shape index (κ1) is 23.5. The van der Waals surface area contributed by atoms with Crippen LogP contribution in [0.4, 0.5) is 0 Å². The Kier molecular flexibility index (Phi) is 8.28. The standard InChI is InChI=1S/C21H31N3O6S/c1-29-18-6-8-19(9-7-18)31(27,28)23-14-16-2-4-17(5-3-16)21(26)22-15-20(25)24-10-12-30-13-11-24/h6-9,16-17,23H,2-5,10-15H2,1H3,(H,22,26). The maximum atomic E-state index is 12.5. The molecule has 0 spiro atoms. The lowest BCUT2D eigenvalue weighted by Crippen LogP contribution is -2.46. The van der Waals surface area contributed by atoms with Gasteiger partial charge >= 0.3 is 0 Å². The molecule has 0 radical (unpaired) electrons. The summed E-state index contributed by atoms with van der Waals surface area (Å²) >= 11 is 0. The Morgan fingerprint density at radius 2 is 1.74 bits per heavy atom. The van der Waals surface area contributed by atoms with E-state index < -0.39 is 10.0 Å². The quantitative estimate of drug-likeness (QED) is 0.601. The molecule has 3 rings (SSSR count). The van der Waals surface area contributed by atoms with Gasteiger partial charge in [0, 0.05) is 25.6 Å². The number of carbonyl (C=O) groups excluding carboxylic acids is 2. The molecule has 0 atom stereocenters. The Morgan fingerprint density at radius 3 is 2.35 bits per heavy atom. The van der Waals surface area contributed by atoms with Gasteiger partial charge in [0.05, 0.1) is 31.8 Å². The van der Waals surface area contributed by atoms with Crippen LogP contribution in [0.1, 0.15) is 25.7 Å². The average Bonchev–Trinajstić information content (AvgIpc) is 2.82. The summed E-state index contributed by atoms with van der Waals surface area (Å²) in [6.07, 6.45) is 2.90. The third-order valence-corrected chi connectivity index (χ3v) is 7.37. The van der Waals surface area contributed by atoms with E-state index in [4.69, 9.17) is 9.47 Å². The molecule has 1 aromatic rings.